The Kier molecular flexibility index (Phi) is 3.55. The molecule has 2 heterocycles. The molecule has 102 valence electrons. The molecular weight excluding hydrogens is 256 g/mol. The second-order valence-electron chi connectivity index (χ2n) is 5.52. The molecule has 0 radical (unpaired) electrons. The standard InChI is InChI=1S/C14H20N4S/c1-9-3-2-4-10(6-5-9)16-12-11-7-8-19-13(11)18-14(15)17-12/h7-10H,2-6H2,1H3,(H3,15,16,17,18). The molecule has 3 N–H and O–H groups in total. The fourth-order valence-corrected chi connectivity index (χ4v) is 3.58. The van der Waals surface area contributed by atoms with Gasteiger partial charge in [-0.2, -0.15) is 4.98 Å². The fraction of sp³-hybridized carbons (Fsp3) is 0.571. The highest BCUT2D eigenvalue weighted by molar-refractivity contribution is 7.16. The van der Waals surface area contributed by atoms with E-state index < -0.39 is 0 Å². The molecule has 1 aliphatic rings. The molecule has 1 fully saturated rings. The van der Waals surface area contributed by atoms with E-state index in [4.69, 9.17) is 5.73 Å². The topological polar surface area (TPSA) is 63.8 Å². The van der Waals surface area contributed by atoms with Crippen molar-refractivity contribution in [3.8, 4) is 0 Å². The van der Waals surface area contributed by atoms with Crippen molar-refractivity contribution in [1.82, 2.24) is 9.97 Å². The Morgan fingerprint density at radius 1 is 1.26 bits per heavy atom. The summed E-state index contributed by atoms with van der Waals surface area (Å²) in [5, 5.41) is 6.72. The van der Waals surface area contributed by atoms with Crippen LogP contribution in [0.3, 0.4) is 0 Å². The molecule has 0 aromatic carbocycles. The lowest BCUT2D eigenvalue weighted by Gasteiger charge is -2.17. The van der Waals surface area contributed by atoms with Crippen molar-refractivity contribution in [2.24, 2.45) is 5.92 Å². The van der Waals surface area contributed by atoms with Crippen molar-refractivity contribution in [2.75, 3.05) is 11.1 Å². The fourth-order valence-electron chi connectivity index (χ4n) is 2.81. The van der Waals surface area contributed by atoms with Crippen molar-refractivity contribution < 1.29 is 0 Å². The second kappa shape index (κ2) is 5.33. The van der Waals surface area contributed by atoms with Crippen molar-refractivity contribution in [3.63, 3.8) is 0 Å². The molecule has 0 amide bonds. The van der Waals surface area contributed by atoms with E-state index in [1.165, 1.54) is 32.1 Å². The van der Waals surface area contributed by atoms with E-state index in [2.05, 4.69) is 28.3 Å². The molecule has 3 rings (SSSR count). The molecule has 0 spiro atoms. The Bertz CT molecular complexity index is 566. The number of fused-ring (bicyclic) bond motifs is 1. The second-order valence-corrected chi connectivity index (χ2v) is 6.42. The summed E-state index contributed by atoms with van der Waals surface area (Å²) in [6, 6.07) is 2.59. The molecule has 2 aromatic heterocycles. The van der Waals surface area contributed by atoms with Crippen LogP contribution in [0.1, 0.15) is 39.0 Å². The van der Waals surface area contributed by atoms with Crippen LogP contribution in [0.4, 0.5) is 11.8 Å². The van der Waals surface area contributed by atoms with Gasteiger partial charge in [0.1, 0.15) is 10.6 Å². The summed E-state index contributed by atoms with van der Waals surface area (Å²) in [6.45, 7) is 2.35. The van der Waals surface area contributed by atoms with Gasteiger partial charge < -0.3 is 11.1 Å². The van der Waals surface area contributed by atoms with E-state index in [1.54, 1.807) is 11.3 Å². The van der Waals surface area contributed by atoms with Gasteiger partial charge in [0.05, 0.1) is 5.39 Å². The molecule has 0 saturated heterocycles. The third kappa shape index (κ3) is 2.81. The van der Waals surface area contributed by atoms with Crippen LogP contribution < -0.4 is 11.1 Å². The van der Waals surface area contributed by atoms with E-state index in [9.17, 15) is 0 Å². The van der Waals surface area contributed by atoms with Gasteiger partial charge in [-0.1, -0.05) is 19.8 Å². The number of thiophene rings is 1. The maximum atomic E-state index is 5.79. The average Bonchev–Trinajstić information content (AvgIpc) is 2.74. The Balaban J connectivity index is 1.82. The van der Waals surface area contributed by atoms with Crippen LogP contribution in [0.15, 0.2) is 11.4 Å². The third-order valence-electron chi connectivity index (χ3n) is 3.94. The van der Waals surface area contributed by atoms with Gasteiger partial charge in [-0.15, -0.1) is 11.3 Å². The van der Waals surface area contributed by atoms with Crippen molar-refractivity contribution in [3.05, 3.63) is 11.4 Å². The summed E-state index contributed by atoms with van der Waals surface area (Å²) in [6.07, 6.45) is 6.38. The average molecular weight is 276 g/mol. The van der Waals surface area contributed by atoms with Gasteiger partial charge >= 0.3 is 0 Å². The zero-order chi connectivity index (χ0) is 13.2. The predicted octanol–water partition coefficient (Wildman–Crippen LogP) is 3.65. The van der Waals surface area contributed by atoms with Crippen LogP contribution in [0.25, 0.3) is 10.2 Å². The van der Waals surface area contributed by atoms with Crippen LogP contribution in [0.5, 0.6) is 0 Å². The van der Waals surface area contributed by atoms with E-state index in [1.807, 2.05) is 5.38 Å². The lowest BCUT2D eigenvalue weighted by Crippen LogP contribution is -2.19. The molecule has 2 aromatic rings. The molecule has 19 heavy (non-hydrogen) atoms. The summed E-state index contributed by atoms with van der Waals surface area (Å²) in [5.41, 5.74) is 5.79. The molecule has 4 nitrogen and oxygen atoms in total. The van der Waals surface area contributed by atoms with Crippen LogP contribution in [0.2, 0.25) is 0 Å². The van der Waals surface area contributed by atoms with Crippen LogP contribution in [-0.2, 0) is 0 Å². The molecule has 1 saturated carbocycles. The minimum absolute atomic E-state index is 0.361. The maximum absolute atomic E-state index is 5.79. The molecule has 0 bridgehead atoms. The highest BCUT2D eigenvalue weighted by atomic mass is 32.1. The number of rotatable bonds is 2. The van der Waals surface area contributed by atoms with Crippen LogP contribution in [-0.4, -0.2) is 16.0 Å². The van der Waals surface area contributed by atoms with Crippen molar-refractivity contribution in [2.45, 2.75) is 45.1 Å². The van der Waals surface area contributed by atoms with Crippen LogP contribution >= 0.6 is 11.3 Å². The van der Waals surface area contributed by atoms with Crippen LogP contribution in [0, 0.1) is 5.92 Å². The summed E-state index contributed by atoms with van der Waals surface area (Å²) in [4.78, 5) is 9.61. The van der Waals surface area contributed by atoms with E-state index in [-0.39, 0.29) is 0 Å². The zero-order valence-electron chi connectivity index (χ0n) is 11.2. The maximum Gasteiger partial charge on any atom is 0.223 e. The number of hydrogen-bond donors (Lipinski definition) is 2. The SMILES string of the molecule is CC1CCCC(Nc2nc(N)nc3sccc23)CC1. The highest BCUT2D eigenvalue weighted by Crippen LogP contribution is 2.29. The number of hydrogen-bond acceptors (Lipinski definition) is 5. The molecule has 0 aliphatic heterocycles. The van der Waals surface area contributed by atoms with Gasteiger partial charge in [-0.25, -0.2) is 4.98 Å². The Morgan fingerprint density at radius 2 is 2.16 bits per heavy atom. The summed E-state index contributed by atoms with van der Waals surface area (Å²) < 4.78 is 0. The number of nitrogens with one attached hydrogen (secondary N) is 1. The third-order valence-corrected chi connectivity index (χ3v) is 4.75. The lowest BCUT2D eigenvalue weighted by atomic mass is 10.0. The minimum Gasteiger partial charge on any atom is -0.368 e. The smallest absolute Gasteiger partial charge is 0.223 e. The number of nitrogen functional groups attached to an aromatic ring is 1. The first-order valence-electron chi connectivity index (χ1n) is 6.99. The van der Waals surface area contributed by atoms with E-state index in [0.29, 0.717) is 12.0 Å². The first kappa shape index (κ1) is 12.7. The number of nitrogens with two attached hydrogens (primary N) is 1. The largest absolute Gasteiger partial charge is 0.368 e. The van der Waals surface area contributed by atoms with E-state index in [0.717, 1.165) is 22.0 Å². The van der Waals surface area contributed by atoms with Gasteiger partial charge in [-0.05, 0) is 36.6 Å². The van der Waals surface area contributed by atoms with Gasteiger partial charge in [0.25, 0.3) is 0 Å². The minimum atomic E-state index is 0.361. The molecular formula is C14H20N4S. The number of anilines is 2. The Hall–Kier alpha value is -1.36. The first-order chi connectivity index (χ1) is 9.22. The lowest BCUT2D eigenvalue weighted by molar-refractivity contribution is 0.502. The monoisotopic (exact) mass is 276 g/mol. The summed E-state index contributed by atoms with van der Waals surface area (Å²) >= 11 is 1.61. The molecule has 5 heteroatoms. The van der Waals surface area contributed by atoms with Gasteiger partial charge in [0.15, 0.2) is 0 Å². The Labute approximate surface area is 117 Å². The van der Waals surface area contributed by atoms with Gasteiger partial charge in [0, 0.05) is 6.04 Å². The zero-order valence-corrected chi connectivity index (χ0v) is 12.0. The van der Waals surface area contributed by atoms with Crippen molar-refractivity contribution in [1.29, 1.82) is 0 Å². The predicted molar refractivity (Wildman–Crippen MR) is 81.5 cm³/mol. The summed E-state index contributed by atoms with van der Waals surface area (Å²) in [5.74, 6) is 2.12. The normalized spacial score (nSPS) is 24.3. The molecule has 2 unspecified atom stereocenters. The quantitative estimate of drug-likeness (QED) is 0.822. The van der Waals surface area contributed by atoms with Gasteiger partial charge in [-0.3, -0.25) is 0 Å². The highest BCUT2D eigenvalue weighted by Gasteiger charge is 2.18. The molecule has 2 atom stereocenters. The van der Waals surface area contributed by atoms with E-state index >= 15 is 0 Å². The van der Waals surface area contributed by atoms with Gasteiger partial charge in [0.2, 0.25) is 5.95 Å². The molecule has 1 aliphatic carbocycles. The van der Waals surface area contributed by atoms with Crippen molar-refractivity contribution >= 4 is 33.3 Å². The Morgan fingerprint density at radius 3 is 3.05 bits per heavy atom. The summed E-state index contributed by atoms with van der Waals surface area (Å²) in [7, 11) is 0. The number of aromatic nitrogens is 2. The first-order valence-corrected chi connectivity index (χ1v) is 7.87. The number of nitrogens with zero attached hydrogens (tertiary/aromatic N) is 2.